The number of aryl methyl sites for hydroxylation is 1. The summed E-state index contributed by atoms with van der Waals surface area (Å²) in [6, 6.07) is 1.60. The summed E-state index contributed by atoms with van der Waals surface area (Å²) >= 11 is 0. The Kier molecular flexibility index (Phi) is 5.76. The normalized spacial score (nSPS) is 12.8. The van der Waals surface area contributed by atoms with Crippen LogP contribution in [0.3, 0.4) is 0 Å². The number of nitrogens with two attached hydrogens (primary N) is 1. The SMILES string of the molecule is COCCC(C)(C)CNS(=O)(=O)c1cc(CN)n(C)c1. The fraction of sp³-hybridized carbons (Fsp3) is 0.692. The largest absolute Gasteiger partial charge is 0.385 e. The van der Waals surface area contributed by atoms with Crippen LogP contribution >= 0.6 is 0 Å². The molecule has 1 rings (SSSR count). The van der Waals surface area contributed by atoms with E-state index in [1.54, 1.807) is 31.0 Å². The van der Waals surface area contributed by atoms with Crippen molar-refractivity contribution in [2.75, 3.05) is 20.3 Å². The van der Waals surface area contributed by atoms with Crippen LogP contribution in [0.15, 0.2) is 17.2 Å². The molecule has 0 saturated carbocycles. The van der Waals surface area contributed by atoms with Gasteiger partial charge in [-0.1, -0.05) is 13.8 Å². The highest BCUT2D eigenvalue weighted by Crippen LogP contribution is 2.20. The number of hydrogen-bond acceptors (Lipinski definition) is 4. The lowest BCUT2D eigenvalue weighted by Gasteiger charge is -2.24. The molecule has 0 bridgehead atoms. The monoisotopic (exact) mass is 303 g/mol. The quantitative estimate of drug-likeness (QED) is 0.744. The molecule has 20 heavy (non-hydrogen) atoms. The van der Waals surface area contributed by atoms with Gasteiger partial charge >= 0.3 is 0 Å². The summed E-state index contributed by atoms with van der Waals surface area (Å²) in [6.45, 7) is 5.30. The van der Waals surface area contributed by atoms with Gasteiger partial charge in [0, 0.05) is 45.7 Å². The topological polar surface area (TPSA) is 86.3 Å². The minimum Gasteiger partial charge on any atom is -0.385 e. The van der Waals surface area contributed by atoms with Gasteiger partial charge in [-0.3, -0.25) is 0 Å². The molecular formula is C13H25N3O3S. The Morgan fingerprint density at radius 3 is 2.60 bits per heavy atom. The van der Waals surface area contributed by atoms with Crippen LogP contribution in [0.2, 0.25) is 0 Å². The number of methoxy groups -OCH3 is 1. The number of aromatic nitrogens is 1. The van der Waals surface area contributed by atoms with Gasteiger partial charge in [0.15, 0.2) is 0 Å². The molecule has 0 spiro atoms. The zero-order valence-electron chi connectivity index (χ0n) is 12.6. The highest BCUT2D eigenvalue weighted by Gasteiger charge is 2.23. The molecule has 0 aromatic carbocycles. The molecule has 3 N–H and O–H groups in total. The lowest BCUT2D eigenvalue weighted by molar-refractivity contribution is 0.153. The Morgan fingerprint density at radius 2 is 2.10 bits per heavy atom. The van der Waals surface area contributed by atoms with Crippen molar-refractivity contribution < 1.29 is 13.2 Å². The first-order chi connectivity index (χ1) is 9.22. The van der Waals surface area contributed by atoms with E-state index in [2.05, 4.69) is 4.72 Å². The van der Waals surface area contributed by atoms with E-state index in [1.807, 2.05) is 13.8 Å². The van der Waals surface area contributed by atoms with Crippen molar-refractivity contribution in [3.63, 3.8) is 0 Å². The molecule has 0 amide bonds. The summed E-state index contributed by atoms with van der Waals surface area (Å²) in [5, 5.41) is 0. The predicted octanol–water partition coefficient (Wildman–Crippen LogP) is 0.825. The average Bonchev–Trinajstić information content (AvgIpc) is 2.76. The first-order valence-corrected chi connectivity index (χ1v) is 8.04. The minimum atomic E-state index is -3.50. The third kappa shape index (κ3) is 4.59. The van der Waals surface area contributed by atoms with Crippen molar-refractivity contribution in [2.45, 2.75) is 31.7 Å². The molecule has 6 nitrogen and oxygen atoms in total. The van der Waals surface area contributed by atoms with Gasteiger partial charge in [-0.05, 0) is 17.9 Å². The van der Waals surface area contributed by atoms with Gasteiger partial charge in [0.05, 0.1) is 4.90 Å². The zero-order valence-corrected chi connectivity index (χ0v) is 13.5. The summed E-state index contributed by atoms with van der Waals surface area (Å²) in [7, 11) is -0.0785. The number of rotatable bonds is 8. The van der Waals surface area contributed by atoms with E-state index in [9.17, 15) is 8.42 Å². The van der Waals surface area contributed by atoms with Crippen LogP contribution in [-0.4, -0.2) is 33.2 Å². The van der Waals surface area contributed by atoms with Crippen LogP contribution in [0.25, 0.3) is 0 Å². The van der Waals surface area contributed by atoms with Crippen molar-refractivity contribution >= 4 is 10.0 Å². The highest BCUT2D eigenvalue weighted by molar-refractivity contribution is 7.89. The Bertz CT molecular complexity index is 535. The summed E-state index contributed by atoms with van der Waals surface area (Å²) < 4.78 is 33.9. The Hall–Kier alpha value is -0.890. The molecular weight excluding hydrogens is 278 g/mol. The third-order valence-corrected chi connectivity index (χ3v) is 4.69. The van der Waals surface area contributed by atoms with E-state index in [0.717, 1.165) is 12.1 Å². The number of sulfonamides is 1. The van der Waals surface area contributed by atoms with Crippen molar-refractivity contribution in [3.05, 3.63) is 18.0 Å². The highest BCUT2D eigenvalue weighted by atomic mass is 32.2. The first kappa shape index (κ1) is 17.2. The smallest absolute Gasteiger partial charge is 0.242 e. The summed E-state index contributed by atoms with van der Waals surface area (Å²) in [5.41, 5.74) is 6.18. The first-order valence-electron chi connectivity index (χ1n) is 6.56. The molecule has 0 aliphatic heterocycles. The Balaban J connectivity index is 2.74. The van der Waals surface area contributed by atoms with Gasteiger partial charge in [-0.15, -0.1) is 0 Å². The number of nitrogens with one attached hydrogen (secondary N) is 1. The van der Waals surface area contributed by atoms with E-state index >= 15 is 0 Å². The maximum absolute atomic E-state index is 12.2. The maximum atomic E-state index is 12.2. The van der Waals surface area contributed by atoms with E-state index in [1.165, 1.54) is 0 Å². The van der Waals surface area contributed by atoms with Crippen LogP contribution in [0.5, 0.6) is 0 Å². The van der Waals surface area contributed by atoms with Crippen LogP contribution in [0, 0.1) is 5.41 Å². The van der Waals surface area contributed by atoms with Gasteiger partial charge in [0.25, 0.3) is 0 Å². The maximum Gasteiger partial charge on any atom is 0.242 e. The molecule has 0 radical (unpaired) electrons. The molecule has 7 heteroatoms. The molecule has 1 heterocycles. The summed E-state index contributed by atoms with van der Waals surface area (Å²) in [6.07, 6.45) is 2.36. The predicted molar refractivity (Wildman–Crippen MR) is 78.8 cm³/mol. The Labute approximate surface area is 121 Å². The van der Waals surface area contributed by atoms with Crippen molar-refractivity contribution in [2.24, 2.45) is 18.2 Å². The number of nitrogens with zero attached hydrogens (tertiary/aromatic N) is 1. The average molecular weight is 303 g/mol. The van der Waals surface area contributed by atoms with Crippen molar-refractivity contribution in [1.29, 1.82) is 0 Å². The van der Waals surface area contributed by atoms with Gasteiger partial charge in [0.1, 0.15) is 0 Å². The van der Waals surface area contributed by atoms with Gasteiger partial charge < -0.3 is 15.0 Å². The van der Waals surface area contributed by atoms with E-state index < -0.39 is 10.0 Å². The minimum absolute atomic E-state index is 0.158. The summed E-state index contributed by atoms with van der Waals surface area (Å²) in [5.74, 6) is 0. The molecule has 116 valence electrons. The molecule has 0 unspecified atom stereocenters. The molecule has 0 aliphatic carbocycles. The Morgan fingerprint density at radius 1 is 1.45 bits per heavy atom. The standard InChI is InChI=1S/C13H25N3O3S/c1-13(2,5-6-19-4)10-15-20(17,18)12-7-11(8-14)16(3)9-12/h7,9,15H,5-6,8,10,14H2,1-4H3. The lowest BCUT2D eigenvalue weighted by atomic mass is 9.90. The van der Waals surface area contributed by atoms with Crippen LogP contribution in [0.1, 0.15) is 26.0 Å². The molecule has 1 aromatic rings. The van der Waals surface area contributed by atoms with E-state index in [0.29, 0.717) is 19.7 Å². The fourth-order valence-corrected chi connectivity index (χ4v) is 3.10. The third-order valence-electron chi connectivity index (χ3n) is 3.33. The van der Waals surface area contributed by atoms with Gasteiger partial charge in [-0.2, -0.15) is 0 Å². The second-order valence-corrected chi connectivity index (χ2v) is 7.48. The second-order valence-electron chi connectivity index (χ2n) is 5.71. The van der Waals surface area contributed by atoms with Crippen LogP contribution < -0.4 is 10.5 Å². The van der Waals surface area contributed by atoms with Gasteiger partial charge in [-0.25, -0.2) is 13.1 Å². The van der Waals surface area contributed by atoms with E-state index in [-0.39, 0.29) is 10.3 Å². The van der Waals surface area contributed by atoms with Crippen molar-refractivity contribution in [3.8, 4) is 0 Å². The van der Waals surface area contributed by atoms with Crippen LogP contribution in [-0.2, 0) is 28.4 Å². The number of ether oxygens (including phenoxy) is 1. The van der Waals surface area contributed by atoms with Crippen molar-refractivity contribution in [1.82, 2.24) is 9.29 Å². The van der Waals surface area contributed by atoms with E-state index in [4.69, 9.17) is 10.5 Å². The molecule has 1 aromatic heterocycles. The second kappa shape index (κ2) is 6.71. The summed E-state index contributed by atoms with van der Waals surface area (Å²) in [4.78, 5) is 0.253. The number of hydrogen-bond donors (Lipinski definition) is 2. The van der Waals surface area contributed by atoms with Crippen LogP contribution in [0.4, 0.5) is 0 Å². The zero-order chi connectivity index (χ0) is 15.4. The molecule has 0 saturated heterocycles. The fourth-order valence-electron chi connectivity index (χ4n) is 1.77. The molecule has 0 atom stereocenters. The molecule has 0 aliphatic rings. The lowest BCUT2D eigenvalue weighted by Crippen LogP contribution is -2.34. The molecule has 0 fully saturated rings. The van der Waals surface area contributed by atoms with Gasteiger partial charge in [0.2, 0.25) is 10.0 Å².